The fourth-order valence-electron chi connectivity index (χ4n) is 2.45. The highest BCUT2D eigenvalue weighted by molar-refractivity contribution is 5.85. The highest BCUT2D eigenvalue weighted by Crippen LogP contribution is 2.24. The van der Waals surface area contributed by atoms with Gasteiger partial charge in [-0.15, -0.1) is 12.4 Å². The molecule has 0 saturated heterocycles. The van der Waals surface area contributed by atoms with Gasteiger partial charge in [0.2, 0.25) is 5.91 Å². The van der Waals surface area contributed by atoms with E-state index in [2.05, 4.69) is 5.32 Å². The van der Waals surface area contributed by atoms with Gasteiger partial charge >= 0.3 is 5.63 Å². The molecule has 0 bridgehead atoms. The lowest BCUT2D eigenvalue weighted by Gasteiger charge is -2.09. The van der Waals surface area contributed by atoms with Crippen LogP contribution in [0.15, 0.2) is 27.4 Å². The van der Waals surface area contributed by atoms with E-state index in [9.17, 15) is 9.59 Å². The van der Waals surface area contributed by atoms with Gasteiger partial charge in [0.05, 0.1) is 7.11 Å². The third kappa shape index (κ3) is 4.72. The summed E-state index contributed by atoms with van der Waals surface area (Å²) < 4.78 is 10.5. The second-order valence-electron chi connectivity index (χ2n) is 5.35. The van der Waals surface area contributed by atoms with Crippen LogP contribution in [0, 0.1) is 6.92 Å². The maximum Gasteiger partial charge on any atom is 0.339 e. The number of nitrogens with one attached hydrogen (secondary N) is 1. The van der Waals surface area contributed by atoms with Gasteiger partial charge in [0.1, 0.15) is 11.3 Å². The molecule has 0 unspecified atom stereocenters. The number of nitrogens with two attached hydrogens (primary N) is 1. The van der Waals surface area contributed by atoms with Crippen molar-refractivity contribution >= 4 is 29.3 Å². The number of aryl methyl sites for hydroxylation is 1. The number of fused-ring (bicyclic) bond motifs is 1. The van der Waals surface area contributed by atoms with Gasteiger partial charge < -0.3 is 20.2 Å². The molecule has 0 radical (unpaired) electrons. The van der Waals surface area contributed by atoms with E-state index in [0.29, 0.717) is 36.4 Å². The summed E-state index contributed by atoms with van der Waals surface area (Å²) in [6.45, 7) is 2.96. The molecule has 0 fully saturated rings. The minimum absolute atomic E-state index is 0. The Morgan fingerprint density at radius 1 is 1.38 bits per heavy atom. The van der Waals surface area contributed by atoms with E-state index in [-0.39, 0.29) is 24.7 Å². The topological polar surface area (TPSA) is 94.6 Å². The van der Waals surface area contributed by atoms with Crippen LogP contribution in [0.1, 0.15) is 24.0 Å². The molecule has 0 saturated carbocycles. The maximum atomic E-state index is 12.2. The van der Waals surface area contributed by atoms with Crippen molar-refractivity contribution in [2.45, 2.75) is 26.2 Å². The van der Waals surface area contributed by atoms with E-state index in [0.717, 1.165) is 17.4 Å². The van der Waals surface area contributed by atoms with E-state index in [4.69, 9.17) is 14.9 Å². The molecule has 0 aliphatic rings. The van der Waals surface area contributed by atoms with E-state index < -0.39 is 5.63 Å². The molecule has 2 aromatic rings. The van der Waals surface area contributed by atoms with Crippen LogP contribution in [0.25, 0.3) is 11.0 Å². The molecule has 1 aromatic heterocycles. The number of carbonyl (C=O) groups excluding carboxylic acids is 1. The van der Waals surface area contributed by atoms with Crippen LogP contribution in [-0.2, 0) is 11.2 Å². The van der Waals surface area contributed by atoms with Crippen LogP contribution >= 0.6 is 12.4 Å². The largest absolute Gasteiger partial charge is 0.497 e. The summed E-state index contributed by atoms with van der Waals surface area (Å²) in [6, 6.07) is 5.36. The zero-order chi connectivity index (χ0) is 16.8. The van der Waals surface area contributed by atoms with Crippen molar-refractivity contribution in [3.8, 4) is 5.75 Å². The van der Waals surface area contributed by atoms with Gasteiger partial charge in [-0.25, -0.2) is 4.79 Å². The quantitative estimate of drug-likeness (QED) is 0.585. The molecule has 1 aromatic carbocycles. The smallest absolute Gasteiger partial charge is 0.339 e. The third-order valence-electron chi connectivity index (χ3n) is 3.80. The first-order chi connectivity index (χ1) is 11.1. The first-order valence-electron chi connectivity index (χ1n) is 7.64. The number of amides is 1. The lowest BCUT2D eigenvalue weighted by atomic mass is 10.0. The molecule has 7 heteroatoms. The molecule has 0 aliphatic heterocycles. The highest BCUT2D eigenvalue weighted by atomic mass is 35.5. The number of carbonyl (C=O) groups is 1. The number of hydrogen-bond acceptors (Lipinski definition) is 5. The van der Waals surface area contributed by atoms with Crippen molar-refractivity contribution in [2.24, 2.45) is 5.73 Å². The van der Waals surface area contributed by atoms with Crippen LogP contribution in [0.5, 0.6) is 5.75 Å². The Bertz CT molecular complexity index is 758. The highest BCUT2D eigenvalue weighted by Gasteiger charge is 2.13. The van der Waals surface area contributed by atoms with Crippen LogP contribution in [-0.4, -0.2) is 26.1 Å². The van der Waals surface area contributed by atoms with Gasteiger partial charge in [-0.1, -0.05) is 0 Å². The van der Waals surface area contributed by atoms with Gasteiger partial charge in [-0.05, 0) is 44.0 Å². The number of ether oxygens (including phenoxy) is 1. The Balaban J connectivity index is 0.00000288. The second kappa shape index (κ2) is 9.30. The van der Waals surface area contributed by atoms with Crippen molar-refractivity contribution in [3.05, 3.63) is 39.7 Å². The number of methoxy groups -OCH3 is 1. The Kier molecular flexibility index (Phi) is 7.74. The zero-order valence-electron chi connectivity index (χ0n) is 13.9. The maximum absolute atomic E-state index is 12.2. The third-order valence-corrected chi connectivity index (χ3v) is 3.80. The average Bonchev–Trinajstić information content (AvgIpc) is 2.54. The lowest BCUT2D eigenvalue weighted by Crippen LogP contribution is -2.26. The first-order valence-corrected chi connectivity index (χ1v) is 7.64. The van der Waals surface area contributed by atoms with E-state index in [1.54, 1.807) is 13.2 Å². The summed E-state index contributed by atoms with van der Waals surface area (Å²) in [4.78, 5) is 23.9. The fourth-order valence-corrected chi connectivity index (χ4v) is 2.45. The Morgan fingerprint density at radius 2 is 2.12 bits per heavy atom. The van der Waals surface area contributed by atoms with Crippen molar-refractivity contribution < 1.29 is 13.9 Å². The summed E-state index contributed by atoms with van der Waals surface area (Å²) in [5, 5.41) is 3.63. The molecule has 0 aliphatic carbocycles. The number of hydrogen-bond donors (Lipinski definition) is 2. The molecule has 6 nitrogen and oxygen atoms in total. The summed E-state index contributed by atoms with van der Waals surface area (Å²) in [6.07, 6.45) is 1.34. The van der Waals surface area contributed by atoms with Gasteiger partial charge in [-0.3, -0.25) is 4.79 Å². The van der Waals surface area contributed by atoms with Gasteiger partial charge in [0, 0.05) is 30.0 Å². The van der Waals surface area contributed by atoms with E-state index >= 15 is 0 Å². The summed E-state index contributed by atoms with van der Waals surface area (Å²) >= 11 is 0. The average molecular weight is 355 g/mol. The van der Waals surface area contributed by atoms with Crippen molar-refractivity contribution in [1.29, 1.82) is 0 Å². The minimum atomic E-state index is -0.405. The first kappa shape index (κ1) is 20.0. The normalized spacial score (nSPS) is 10.3. The predicted molar refractivity (Wildman–Crippen MR) is 96.0 cm³/mol. The van der Waals surface area contributed by atoms with Crippen LogP contribution in [0.4, 0.5) is 0 Å². The van der Waals surface area contributed by atoms with Crippen molar-refractivity contribution in [1.82, 2.24) is 5.32 Å². The standard InChI is InChI=1S/C17H22N2O4.ClH/c1-11-13-5-4-12(22-2)10-15(13)23-17(21)14(11)6-7-16(20)19-9-3-8-18;/h4-5,10H,3,6-9,18H2,1-2H3,(H,19,20);1H. The molecular weight excluding hydrogens is 332 g/mol. The second-order valence-corrected chi connectivity index (χ2v) is 5.35. The number of halogens is 1. The Morgan fingerprint density at radius 3 is 2.79 bits per heavy atom. The molecule has 0 atom stereocenters. The molecular formula is C17H23ClN2O4. The monoisotopic (exact) mass is 354 g/mol. The van der Waals surface area contributed by atoms with E-state index in [1.807, 2.05) is 19.1 Å². The van der Waals surface area contributed by atoms with Gasteiger partial charge in [0.25, 0.3) is 0 Å². The SMILES string of the molecule is COc1ccc2c(C)c(CCC(=O)NCCCN)c(=O)oc2c1.Cl. The molecule has 132 valence electrons. The predicted octanol–water partition coefficient (Wildman–Crippen LogP) is 1.93. The lowest BCUT2D eigenvalue weighted by molar-refractivity contribution is -0.121. The molecule has 24 heavy (non-hydrogen) atoms. The van der Waals surface area contributed by atoms with Gasteiger partial charge in [-0.2, -0.15) is 0 Å². The van der Waals surface area contributed by atoms with Crippen molar-refractivity contribution in [3.63, 3.8) is 0 Å². The molecule has 3 N–H and O–H groups in total. The molecule has 0 spiro atoms. The van der Waals surface area contributed by atoms with Crippen LogP contribution < -0.4 is 21.4 Å². The zero-order valence-corrected chi connectivity index (χ0v) is 14.7. The van der Waals surface area contributed by atoms with Crippen LogP contribution in [0.3, 0.4) is 0 Å². The molecule has 1 heterocycles. The Labute approximate surface area is 146 Å². The molecule has 1 amide bonds. The van der Waals surface area contributed by atoms with Gasteiger partial charge in [0.15, 0.2) is 0 Å². The summed E-state index contributed by atoms with van der Waals surface area (Å²) in [5.41, 5.74) is 6.84. The summed E-state index contributed by atoms with van der Waals surface area (Å²) in [5.74, 6) is 0.541. The Hall–Kier alpha value is -2.05. The van der Waals surface area contributed by atoms with Crippen LogP contribution in [0.2, 0.25) is 0 Å². The van der Waals surface area contributed by atoms with Crippen molar-refractivity contribution in [2.75, 3.05) is 20.2 Å². The fraction of sp³-hybridized carbons (Fsp3) is 0.412. The number of benzene rings is 1. The van der Waals surface area contributed by atoms with E-state index in [1.165, 1.54) is 0 Å². The minimum Gasteiger partial charge on any atom is -0.497 e. The molecule has 2 rings (SSSR count). The number of rotatable bonds is 7. The summed E-state index contributed by atoms with van der Waals surface area (Å²) in [7, 11) is 1.56.